The standard InChI is InChI=1S/C16H11BrFN5O2/c1-25-13-6-10(2-3-11(13)18)22(5-4-19)16(24)12-9-23-14(17)7-21-15(23)8-20-12/h2-3,6-9H,5H2,1H3. The second-order valence-electron chi connectivity index (χ2n) is 4.95. The van der Waals surface area contributed by atoms with E-state index in [9.17, 15) is 9.18 Å². The van der Waals surface area contributed by atoms with Gasteiger partial charge in [-0.05, 0) is 28.1 Å². The van der Waals surface area contributed by atoms with Crippen molar-refractivity contribution in [2.75, 3.05) is 18.6 Å². The van der Waals surface area contributed by atoms with Gasteiger partial charge in [0.1, 0.15) is 16.8 Å². The molecule has 2 aromatic heterocycles. The molecule has 3 rings (SSSR count). The summed E-state index contributed by atoms with van der Waals surface area (Å²) < 4.78 is 20.8. The molecule has 0 N–H and O–H groups in total. The first kappa shape index (κ1) is 16.9. The van der Waals surface area contributed by atoms with Gasteiger partial charge in [0.25, 0.3) is 5.91 Å². The van der Waals surface area contributed by atoms with E-state index in [1.165, 1.54) is 42.6 Å². The summed E-state index contributed by atoms with van der Waals surface area (Å²) in [5.74, 6) is -1.08. The molecule has 7 nitrogen and oxygen atoms in total. The minimum Gasteiger partial charge on any atom is -0.494 e. The molecule has 1 amide bonds. The number of carbonyl (C=O) groups excluding carboxylic acids is 1. The number of nitriles is 1. The zero-order valence-corrected chi connectivity index (χ0v) is 14.6. The maximum atomic E-state index is 13.6. The van der Waals surface area contributed by atoms with Crippen molar-refractivity contribution in [1.82, 2.24) is 14.4 Å². The van der Waals surface area contributed by atoms with Gasteiger partial charge in [-0.2, -0.15) is 5.26 Å². The zero-order valence-electron chi connectivity index (χ0n) is 13.0. The van der Waals surface area contributed by atoms with E-state index in [2.05, 4.69) is 25.9 Å². The van der Waals surface area contributed by atoms with Crippen LogP contribution in [0.3, 0.4) is 0 Å². The number of amides is 1. The van der Waals surface area contributed by atoms with E-state index in [0.717, 1.165) is 0 Å². The molecule has 0 fully saturated rings. The van der Waals surface area contributed by atoms with E-state index < -0.39 is 11.7 Å². The Kier molecular flexibility index (Phi) is 4.63. The third kappa shape index (κ3) is 3.16. The topological polar surface area (TPSA) is 83.5 Å². The van der Waals surface area contributed by atoms with Crippen LogP contribution < -0.4 is 9.64 Å². The van der Waals surface area contributed by atoms with E-state index >= 15 is 0 Å². The Balaban J connectivity index is 2.03. The van der Waals surface area contributed by atoms with Crippen LogP contribution in [0.5, 0.6) is 5.75 Å². The van der Waals surface area contributed by atoms with Crippen LogP contribution in [-0.2, 0) is 0 Å². The van der Waals surface area contributed by atoms with Crippen LogP contribution in [0.25, 0.3) is 5.65 Å². The number of anilines is 1. The van der Waals surface area contributed by atoms with Gasteiger partial charge >= 0.3 is 0 Å². The summed E-state index contributed by atoms with van der Waals surface area (Å²) in [6.45, 7) is -0.224. The van der Waals surface area contributed by atoms with E-state index in [0.29, 0.717) is 15.9 Å². The van der Waals surface area contributed by atoms with Crippen molar-refractivity contribution in [3.05, 3.63) is 52.9 Å². The van der Waals surface area contributed by atoms with Crippen LogP contribution in [-0.4, -0.2) is 33.9 Å². The third-order valence-electron chi connectivity index (χ3n) is 3.49. The fourth-order valence-electron chi connectivity index (χ4n) is 2.28. The molecule has 0 aliphatic heterocycles. The Labute approximate surface area is 150 Å². The highest BCUT2D eigenvalue weighted by atomic mass is 79.9. The number of methoxy groups -OCH3 is 1. The highest BCUT2D eigenvalue weighted by Crippen LogP contribution is 2.25. The van der Waals surface area contributed by atoms with Gasteiger partial charge in [0.2, 0.25) is 0 Å². The van der Waals surface area contributed by atoms with E-state index in [1.807, 2.05) is 6.07 Å². The summed E-state index contributed by atoms with van der Waals surface area (Å²) in [7, 11) is 1.32. The maximum absolute atomic E-state index is 13.6. The second-order valence-corrected chi connectivity index (χ2v) is 5.76. The number of nitrogens with zero attached hydrogens (tertiary/aromatic N) is 5. The molecule has 0 unspecified atom stereocenters. The molecular formula is C16H11BrFN5O2. The van der Waals surface area contributed by atoms with Gasteiger partial charge < -0.3 is 4.74 Å². The van der Waals surface area contributed by atoms with Gasteiger partial charge in [-0.25, -0.2) is 14.4 Å². The molecule has 0 radical (unpaired) electrons. The molecule has 0 aliphatic carbocycles. The average molecular weight is 404 g/mol. The number of hydrogen-bond acceptors (Lipinski definition) is 5. The highest BCUT2D eigenvalue weighted by molar-refractivity contribution is 9.10. The van der Waals surface area contributed by atoms with Crippen LogP contribution in [0.1, 0.15) is 10.5 Å². The highest BCUT2D eigenvalue weighted by Gasteiger charge is 2.21. The average Bonchev–Trinajstić information content (AvgIpc) is 3.00. The summed E-state index contributed by atoms with van der Waals surface area (Å²) in [6.07, 6.45) is 4.55. The van der Waals surface area contributed by atoms with Gasteiger partial charge in [-0.3, -0.25) is 14.1 Å². The number of carbonyl (C=O) groups is 1. The van der Waals surface area contributed by atoms with Gasteiger partial charge in [-0.15, -0.1) is 0 Å². The fraction of sp³-hybridized carbons (Fsp3) is 0.125. The van der Waals surface area contributed by atoms with E-state index in [-0.39, 0.29) is 18.0 Å². The Morgan fingerprint density at radius 2 is 2.24 bits per heavy atom. The summed E-state index contributed by atoms with van der Waals surface area (Å²) in [5, 5.41) is 9.07. The fourth-order valence-corrected chi connectivity index (χ4v) is 2.66. The number of imidazole rings is 1. The normalized spacial score (nSPS) is 10.5. The minimum atomic E-state index is -0.558. The summed E-state index contributed by atoms with van der Waals surface area (Å²) in [6, 6.07) is 5.86. The number of aromatic nitrogens is 3. The zero-order chi connectivity index (χ0) is 18.0. The maximum Gasteiger partial charge on any atom is 0.279 e. The van der Waals surface area contributed by atoms with Crippen molar-refractivity contribution in [3.8, 4) is 11.8 Å². The largest absolute Gasteiger partial charge is 0.494 e. The van der Waals surface area contributed by atoms with Gasteiger partial charge in [0, 0.05) is 18.0 Å². The number of halogens is 2. The van der Waals surface area contributed by atoms with Crippen LogP contribution in [0.15, 0.2) is 41.4 Å². The Bertz CT molecular complexity index is 998. The number of fused-ring (bicyclic) bond motifs is 1. The molecule has 25 heavy (non-hydrogen) atoms. The lowest BCUT2D eigenvalue weighted by Crippen LogP contribution is -2.32. The van der Waals surface area contributed by atoms with Crippen LogP contribution in [0.4, 0.5) is 10.1 Å². The van der Waals surface area contributed by atoms with Crippen molar-refractivity contribution in [3.63, 3.8) is 0 Å². The van der Waals surface area contributed by atoms with Crippen molar-refractivity contribution in [2.45, 2.75) is 0 Å². The van der Waals surface area contributed by atoms with Crippen LogP contribution in [0.2, 0.25) is 0 Å². The van der Waals surface area contributed by atoms with Crippen LogP contribution >= 0.6 is 15.9 Å². The Hall–Kier alpha value is -2.99. The van der Waals surface area contributed by atoms with Crippen molar-refractivity contribution in [2.24, 2.45) is 0 Å². The molecule has 2 heterocycles. The lowest BCUT2D eigenvalue weighted by molar-refractivity contribution is 0.0984. The number of hydrogen-bond donors (Lipinski definition) is 0. The summed E-state index contributed by atoms with van der Waals surface area (Å²) in [4.78, 5) is 22.2. The lowest BCUT2D eigenvalue weighted by Gasteiger charge is -2.20. The first-order valence-corrected chi connectivity index (χ1v) is 7.85. The van der Waals surface area contributed by atoms with Crippen molar-refractivity contribution < 1.29 is 13.9 Å². The first-order valence-electron chi connectivity index (χ1n) is 7.06. The minimum absolute atomic E-state index is 0.0194. The molecule has 3 aromatic rings. The smallest absolute Gasteiger partial charge is 0.279 e. The molecule has 1 aromatic carbocycles. The van der Waals surface area contributed by atoms with Gasteiger partial charge in [0.05, 0.1) is 25.6 Å². The van der Waals surface area contributed by atoms with E-state index in [4.69, 9.17) is 10.00 Å². The second kappa shape index (κ2) is 6.86. The molecule has 0 bridgehead atoms. The predicted octanol–water partition coefficient (Wildman–Crippen LogP) is 2.81. The van der Waals surface area contributed by atoms with Gasteiger partial charge in [-0.1, -0.05) is 0 Å². The molecule has 0 atom stereocenters. The van der Waals surface area contributed by atoms with Crippen LogP contribution in [0, 0.1) is 17.1 Å². The molecule has 0 aliphatic rings. The molecule has 0 saturated heterocycles. The predicted molar refractivity (Wildman–Crippen MR) is 90.9 cm³/mol. The number of rotatable bonds is 4. The molecule has 0 spiro atoms. The van der Waals surface area contributed by atoms with Gasteiger partial charge in [0.15, 0.2) is 17.2 Å². The van der Waals surface area contributed by atoms with Crippen molar-refractivity contribution >= 4 is 33.2 Å². The Morgan fingerprint density at radius 1 is 1.44 bits per heavy atom. The number of benzene rings is 1. The lowest BCUT2D eigenvalue weighted by atomic mass is 10.2. The molecule has 0 saturated carbocycles. The van der Waals surface area contributed by atoms with E-state index in [1.54, 1.807) is 10.6 Å². The monoisotopic (exact) mass is 403 g/mol. The van der Waals surface area contributed by atoms with Crippen molar-refractivity contribution in [1.29, 1.82) is 5.26 Å². The summed E-state index contributed by atoms with van der Waals surface area (Å²) >= 11 is 3.33. The summed E-state index contributed by atoms with van der Waals surface area (Å²) in [5.41, 5.74) is 1.01. The molecule has 126 valence electrons. The quantitative estimate of drug-likeness (QED) is 0.625. The first-order chi connectivity index (χ1) is 12.0. The third-order valence-corrected chi connectivity index (χ3v) is 4.08. The molecule has 9 heteroatoms. The number of ether oxygens (including phenoxy) is 1. The SMILES string of the molecule is COc1cc(N(CC#N)C(=O)c2cn3c(Br)cnc3cn2)ccc1F. The molecular weight excluding hydrogens is 393 g/mol. The Morgan fingerprint density at radius 3 is 2.96 bits per heavy atom.